The van der Waals surface area contributed by atoms with Crippen LogP contribution in [0.15, 0.2) is 29.2 Å². The second kappa shape index (κ2) is 7.17. The van der Waals surface area contributed by atoms with Crippen LogP contribution in [0.3, 0.4) is 0 Å². The lowest BCUT2D eigenvalue weighted by Gasteiger charge is -2.38. The first-order valence-electron chi connectivity index (χ1n) is 8.70. The number of carbonyl (C=O) groups excluding carboxylic acids is 1. The molecule has 7 nitrogen and oxygen atoms in total. The Hall–Kier alpha value is -1.86. The van der Waals surface area contributed by atoms with Crippen molar-refractivity contribution in [2.45, 2.75) is 32.2 Å². The van der Waals surface area contributed by atoms with Crippen molar-refractivity contribution in [1.29, 1.82) is 0 Å². The fraction of sp³-hybridized carbons (Fsp3) is 0.588. The molecule has 4 rings (SSSR count). The molecule has 2 aliphatic rings. The van der Waals surface area contributed by atoms with Gasteiger partial charge in [0.1, 0.15) is 0 Å². The van der Waals surface area contributed by atoms with Gasteiger partial charge in [0, 0.05) is 32.3 Å². The summed E-state index contributed by atoms with van der Waals surface area (Å²) >= 11 is 0. The van der Waals surface area contributed by atoms with Gasteiger partial charge in [0.25, 0.3) is 0 Å². The maximum atomic E-state index is 12.5. The predicted molar refractivity (Wildman–Crippen MR) is 97.1 cm³/mol. The Kier molecular flexibility index (Phi) is 5.15. The molecule has 0 unspecified atom stereocenters. The van der Waals surface area contributed by atoms with E-state index in [0.717, 1.165) is 39.0 Å². The molecule has 2 saturated heterocycles. The first kappa shape index (κ1) is 17.9. The molecule has 0 aromatic carbocycles. The minimum Gasteiger partial charge on any atom is -0.343 e. The fourth-order valence-electron chi connectivity index (χ4n) is 3.93. The van der Waals surface area contributed by atoms with Gasteiger partial charge in [-0.05, 0) is 43.4 Å². The maximum Gasteiger partial charge on any atom is 0.350 e. The smallest absolute Gasteiger partial charge is 0.343 e. The molecule has 0 saturated carbocycles. The van der Waals surface area contributed by atoms with Crippen molar-refractivity contribution >= 4 is 24.0 Å². The molecule has 1 spiro atoms. The normalized spacial score (nSPS) is 19.3. The second-order valence-corrected chi connectivity index (χ2v) is 6.99. The summed E-state index contributed by atoms with van der Waals surface area (Å²) < 4.78 is 2.89. The van der Waals surface area contributed by atoms with Crippen LogP contribution in [0.4, 0.5) is 0 Å². The average Bonchev–Trinajstić information content (AvgIpc) is 3.19. The number of rotatable bonds is 3. The van der Waals surface area contributed by atoms with Gasteiger partial charge in [0.2, 0.25) is 5.91 Å². The summed E-state index contributed by atoms with van der Waals surface area (Å²) in [6.45, 7) is 4.19. The van der Waals surface area contributed by atoms with E-state index < -0.39 is 0 Å². The summed E-state index contributed by atoms with van der Waals surface area (Å²) in [6, 6.07) is 5.44. The van der Waals surface area contributed by atoms with E-state index in [4.69, 9.17) is 0 Å². The summed E-state index contributed by atoms with van der Waals surface area (Å²) in [4.78, 5) is 26.6. The largest absolute Gasteiger partial charge is 0.350 e. The zero-order valence-electron chi connectivity index (χ0n) is 14.2. The lowest BCUT2D eigenvalue weighted by molar-refractivity contribution is -0.133. The van der Waals surface area contributed by atoms with E-state index >= 15 is 0 Å². The van der Waals surface area contributed by atoms with Crippen LogP contribution in [-0.4, -0.2) is 51.2 Å². The predicted octanol–water partition coefficient (Wildman–Crippen LogP) is 0.910. The number of nitrogens with zero attached hydrogens (tertiary/aromatic N) is 4. The molecule has 136 valence electrons. The van der Waals surface area contributed by atoms with Crippen molar-refractivity contribution in [3.63, 3.8) is 0 Å². The van der Waals surface area contributed by atoms with Crippen molar-refractivity contribution in [3.8, 4) is 0 Å². The molecule has 25 heavy (non-hydrogen) atoms. The topological polar surface area (TPSA) is 71.6 Å². The summed E-state index contributed by atoms with van der Waals surface area (Å²) in [5, 5.41) is 7.72. The average molecular weight is 366 g/mol. The molecule has 2 aromatic heterocycles. The highest BCUT2D eigenvalue weighted by atomic mass is 35.5. The number of aromatic nitrogens is 3. The molecule has 8 heteroatoms. The minimum atomic E-state index is -0.187. The summed E-state index contributed by atoms with van der Waals surface area (Å²) in [7, 11) is 0. The molecule has 2 aromatic rings. The number of amides is 1. The van der Waals surface area contributed by atoms with E-state index in [1.165, 1.54) is 15.5 Å². The molecular weight excluding hydrogens is 342 g/mol. The van der Waals surface area contributed by atoms with Gasteiger partial charge in [-0.2, -0.15) is 0 Å². The molecule has 2 fully saturated rings. The third kappa shape index (κ3) is 3.43. The van der Waals surface area contributed by atoms with Gasteiger partial charge >= 0.3 is 5.69 Å². The van der Waals surface area contributed by atoms with Gasteiger partial charge in [-0.1, -0.05) is 6.07 Å². The number of piperidine rings is 1. The molecular formula is C17H24ClN5O2. The molecule has 1 N–H and O–H groups in total. The SMILES string of the molecule is Cl.O=C(CCn1nc2ccccn2c1=O)N1CCC2(CCNC2)CC1. The highest BCUT2D eigenvalue weighted by Crippen LogP contribution is 2.36. The van der Waals surface area contributed by atoms with E-state index in [9.17, 15) is 9.59 Å². The zero-order valence-corrected chi connectivity index (χ0v) is 15.0. The van der Waals surface area contributed by atoms with Crippen LogP contribution in [0.25, 0.3) is 5.65 Å². The van der Waals surface area contributed by atoms with E-state index in [2.05, 4.69) is 10.4 Å². The Balaban J connectivity index is 0.00000182. The number of pyridine rings is 1. The number of hydrogen-bond acceptors (Lipinski definition) is 4. The van der Waals surface area contributed by atoms with Gasteiger partial charge < -0.3 is 10.2 Å². The highest BCUT2D eigenvalue weighted by molar-refractivity contribution is 5.85. The summed E-state index contributed by atoms with van der Waals surface area (Å²) in [5.41, 5.74) is 0.839. The quantitative estimate of drug-likeness (QED) is 0.877. The number of carbonyl (C=O) groups is 1. The molecule has 0 aliphatic carbocycles. The highest BCUT2D eigenvalue weighted by Gasteiger charge is 2.37. The lowest BCUT2D eigenvalue weighted by Crippen LogP contribution is -2.44. The van der Waals surface area contributed by atoms with Gasteiger partial charge in [-0.3, -0.25) is 9.20 Å². The Morgan fingerprint density at radius 1 is 1.24 bits per heavy atom. The van der Waals surface area contributed by atoms with Crippen molar-refractivity contribution in [3.05, 3.63) is 34.9 Å². The minimum absolute atomic E-state index is 0. The van der Waals surface area contributed by atoms with Crippen LogP contribution < -0.4 is 11.0 Å². The Morgan fingerprint density at radius 2 is 2.04 bits per heavy atom. The van der Waals surface area contributed by atoms with Crippen molar-refractivity contribution in [2.75, 3.05) is 26.2 Å². The third-order valence-electron chi connectivity index (χ3n) is 5.53. The van der Waals surface area contributed by atoms with Gasteiger partial charge in [0.15, 0.2) is 5.65 Å². The molecule has 0 atom stereocenters. The van der Waals surface area contributed by atoms with Crippen LogP contribution in [-0.2, 0) is 11.3 Å². The zero-order chi connectivity index (χ0) is 16.6. The van der Waals surface area contributed by atoms with Gasteiger partial charge in [0.05, 0.1) is 6.54 Å². The first-order chi connectivity index (χ1) is 11.7. The van der Waals surface area contributed by atoms with Gasteiger partial charge in [-0.25, -0.2) is 9.48 Å². The lowest BCUT2D eigenvalue weighted by atomic mass is 9.78. The Bertz CT molecular complexity index is 799. The molecule has 0 radical (unpaired) electrons. The summed E-state index contributed by atoms with van der Waals surface area (Å²) in [6.07, 6.45) is 5.42. The van der Waals surface area contributed by atoms with E-state index in [0.29, 0.717) is 24.0 Å². The fourth-order valence-corrected chi connectivity index (χ4v) is 3.93. The summed E-state index contributed by atoms with van der Waals surface area (Å²) in [5.74, 6) is 0.125. The molecule has 2 aliphatic heterocycles. The van der Waals surface area contributed by atoms with Crippen molar-refractivity contribution in [2.24, 2.45) is 5.41 Å². The first-order valence-corrected chi connectivity index (χ1v) is 8.70. The monoisotopic (exact) mass is 365 g/mol. The maximum absolute atomic E-state index is 12.5. The van der Waals surface area contributed by atoms with Crippen LogP contribution in [0.1, 0.15) is 25.7 Å². The van der Waals surface area contributed by atoms with Crippen LogP contribution in [0, 0.1) is 5.41 Å². The van der Waals surface area contributed by atoms with E-state index in [1.807, 2.05) is 11.0 Å². The van der Waals surface area contributed by atoms with Gasteiger partial charge in [-0.15, -0.1) is 17.5 Å². The van der Waals surface area contributed by atoms with Crippen LogP contribution in [0.5, 0.6) is 0 Å². The number of hydrogen-bond donors (Lipinski definition) is 1. The second-order valence-electron chi connectivity index (χ2n) is 6.99. The Labute approximate surface area is 152 Å². The van der Waals surface area contributed by atoms with E-state index in [1.54, 1.807) is 18.3 Å². The number of likely N-dealkylation sites (tertiary alicyclic amines) is 1. The molecule has 4 heterocycles. The number of halogens is 1. The van der Waals surface area contributed by atoms with Crippen molar-refractivity contribution in [1.82, 2.24) is 24.4 Å². The molecule has 1 amide bonds. The number of fused-ring (bicyclic) bond motifs is 1. The van der Waals surface area contributed by atoms with E-state index in [-0.39, 0.29) is 24.0 Å². The number of aryl methyl sites for hydroxylation is 1. The Morgan fingerprint density at radius 3 is 2.72 bits per heavy atom. The van der Waals surface area contributed by atoms with Crippen LogP contribution >= 0.6 is 12.4 Å². The van der Waals surface area contributed by atoms with Crippen LogP contribution in [0.2, 0.25) is 0 Å². The van der Waals surface area contributed by atoms with Crippen molar-refractivity contribution < 1.29 is 4.79 Å². The third-order valence-corrected chi connectivity index (χ3v) is 5.53. The number of nitrogens with one attached hydrogen (secondary N) is 1. The molecule has 0 bridgehead atoms. The standard InChI is InChI=1S/C17H23N5O2.ClH/c23-15(20-11-6-17(7-12-20)5-8-18-13-17)4-10-22-16(24)21-9-2-1-3-14(21)19-22;/h1-3,9,18H,4-8,10-13H2;1H.